The number of hydrogen-bond acceptors (Lipinski definition) is 6. The Kier molecular flexibility index (Phi) is 5.25. The number of rotatable bonds is 5. The Bertz CT molecular complexity index is 769. The minimum Gasteiger partial charge on any atom is -0.481 e. The summed E-state index contributed by atoms with van der Waals surface area (Å²) in [5.41, 5.74) is 7.52. The van der Waals surface area contributed by atoms with Crippen molar-refractivity contribution >= 4 is 11.8 Å². The van der Waals surface area contributed by atoms with E-state index in [4.69, 9.17) is 10.5 Å². The predicted octanol–water partition coefficient (Wildman–Crippen LogP) is 0.686. The van der Waals surface area contributed by atoms with E-state index < -0.39 is 5.54 Å². The summed E-state index contributed by atoms with van der Waals surface area (Å²) < 4.78 is 5.44. The summed E-state index contributed by atoms with van der Waals surface area (Å²) >= 11 is 0. The Labute approximate surface area is 165 Å². The van der Waals surface area contributed by atoms with Crippen molar-refractivity contribution in [1.29, 1.82) is 0 Å². The van der Waals surface area contributed by atoms with Gasteiger partial charge in [-0.1, -0.05) is 12.8 Å². The summed E-state index contributed by atoms with van der Waals surface area (Å²) in [7, 11) is 1.56. The number of methoxy groups -OCH3 is 1. The zero-order chi connectivity index (χ0) is 19.7. The third kappa shape index (κ3) is 3.46. The van der Waals surface area contributed by atoms with E-state index in [0.717, 1.165) is 31.6 Å². The van der Waals surface area contributed by atoms with E-state index in [9.17, 15) is 9.59 Å². The normalized spacial score (nSPS) is 21.6. The van der Waals surface area contributed by atoms with Gasteiger partial charge in [-0.3, -0.25) is 9.59 Å². The summed E-state index contributed by atoms with van der Waals surface area (Å²) in [5.74, 6) is 0.324. The van der Waals surface area contributed by atoms with Crippen molar-refractivity contribution in [2.45, 2.75) is 63.2 Å². The number of nitrogens with zero attached hydrogens (tertiary/aromatic N) is 2. The molecule has 4 N–H and O–H groups in total. The van der Waals surface area contributed by atoms with Crippen LogP contribution in [0.2, 0.25) is 0 Å². The second-order valence-electron chi connectivity index (χ2n) is 8.11. The van der Waals surface area contributed by atoms with Crippen LogP contribution in [0.5, 0.6) is 5.88 Å². The van der Waals surface area contributed by atoms with Crippen LogP contribution in [-0.4, -0.2) is 53.5 Å². The SMILES string of the molecule is COc1nc2c(cc1CNC(=O)C1(N)CCNCC1)C(=O)N(C1CCCC1)C2. The van der Waals surface area contributed by atoms with Crippen molar-refractivity contribution in [2.75, 3.05) is 20.2 Å². The third-order valence-corrected chi connectivity index (χ3v) is 6.30. The smallest absolute Gasteiger partial charge is 0.256 e. The number of carbonyl (C=O) groups is 2. The summed E-state index contributed by atoms with van der Waals surface area (Å²) in [6, 6.07) is 2.14. The number of nitrogens with one attached hydrogen (secondary N) is 2. The average Bonchev–Trinajstić information content (AvgIpc) is 3.34. The van der Waals surface area contributed by atoms with Crippen LogP contribution < -0.4 is 21.1 Å². The second kappa shape index (κ2) is 7.67. The lowest BCUT2D eigenvalue weighted by Gasteiger charge is -2.32. The molecule has 8 nitrogen and oxygen atoms in total. The maximum Gasteiger partial charge on any atom is 0.256 e. The van der Waals surface area contributed by atoms with E-state index >= 15 is 0 Å². The molecule has 152 valence electrons. The molecule has 0 atom stereocenters. The molecule has 0 unspecified atom stereocenters. The number of fused-ring (bicyclic) bond motifs is 1. The highest BCUT2D eigenvalue weighted by atomic mass is 16.5. The van der Waals surface area contributed by atoms with Gasteiger partial charge < -0.3 is 26.0 Å². The molecule has 2 aliphatic heterocycles. The number of hydrogen-bond donors (Lipinski definition) is 3. The van der Waals surface area contributed by atoms with Gasteiger partial charge in [0.05, 0.1) is 30.5 Å². The summed E-state index contributed by atoms with van der Waals surface area (Å²) in [6.45, 7) is 2.25. The van der Waals surface area contributed by atoms with E-state index in [0.29, 0.717) is 42.4 Å². The number of ether oxygens (including phenoxy) is 1. The average molecular weight is 387 g/mol. The van der Waals surface area contributed by atoms with Gasteiger partial charge in [0.15, 0.2) is 0 Å². The Morgan fingerprint density at radius 2 is 2.11 bits per heavy atom. The lowest BCUT2D eigenvalue weighted by molar-refractivity contribution is -0.127. The van der Waals surface area contributed by atoms with Gasteiger partial charge in [0.2, 0.25) is 11.8 Å². The molecule has 3 aliphatic rings. The number of nitrogens with two attached hydrogens (primary N) is 1. The van der Waals surface area contributed by atoms with Crippen molar-refractivity contribution in [2.24, 2.45) is 5.73 Å². The minimum atomic E-state index is -0.849. The molecule has 0 radical (unpaired) electrons. The molecule has 1 saturated heterocycles. The first-order valence-corrected chi connectivity index (χ1v) is 10.2. The standard InChI is InChI=1S/C20H29N5O3/c1-28-17-13(11-23-19(27)20(21)6-8-22-9-7-20)10-15-16(24-17)12-25(18(15)26)14-4-2-3-5-14/h10,14,22H,2-9,11-12,21H2,1H3,(H,23,27). The number of amides is 2. The number of carbonyl (C=O) groups excluding carboxylic acids is 2. The topological polar surface area (TPSA) is 110 Å². The van der Waals surface area contributed by atoms with Crippen LogP contribution in [0.15, 0.2) is 6.07 Å². The zero-order valence-corrected chi connectivity index (χ0v) is 16.4. The van der Waals surface area contributed by atoms with Crippen molar-refractivity contribution in [3.8, 4) is 5.88 Å². The van der Waals surface area contributed by atoms with Crippen LogP contribution in [0.4, 0.5) is 0 Å². The summed E-state index contributed by atoms with van der Waals surface area (Å²) in [5, 5.41) is 6.13. The van der Waals surface area contributed by atoms with Gasteiger partial charge >= 0.3 is 0 Å². The molecular formula is C20H29N5O3. The second-order valence-corrected chi connectivity index (χ2v) is 8.11. The van der Waals surface area contributed by atoms with Crippen LogP contribution in [0, 0.1) is 0 Å². The molecule has 0 aromatic carbocycles. The predicted molar refractivity (Wildman–Crippen MR) is 104 cm³/mol. The first-order chi connectivity index (χ1) is 13.5. The number of pyridine rings is 1. The largest absolute Gasteiger partial charge is 0.481 e. The van der Waals surface area contributed by atoms with Crippen molar-refractivity contribution in [3.05, 3.63) is 22.9 Å². The lowest BCUT2D eigenvalue weighted by Crippen LogP contribution is -2.58. The molecular weight excluding hydrogens is 358 g/mol. The molecule has 3 heterocycles. The highest BCUT2D eigenvalue weighted by Gasteiger charge is 2.37. The molecule has 1 aromatic rings. The lowest BCUT2D eigenvalue weighted by atomic mass is 9.88. The molecule has 28 heavy (non-hydrogen) atoms. The summed E-state index contributed by atoms with van der Waals surface area (Å²) in [4.78, 5) is 32.0. The van der Waals surface area contributed by atoms with Gasteiger partial charge in [0.25, 0.3) is 5.91 Å². The van der Waals surface area contributed by atoms with Crippen LogP contribution in [0.1, 0.15) is 60.1 Å². The highest BCUT2D eigenvalue weighted by molar-refractivity contribution is 5.98. The Morgan fingerprint density at radius 1 is 1.39 bits per heavy atom. The molecule has 1 saturated carbocycles. The highest BCUT2D eigenvalue weighted by Crippen LogP contribution is 2.33. The molecule has 8 heteroatoms. The van der Waals surface area contributed by atoms with Crippen molar-refractivity contribution in [3.63, 3.8) is 0 Å². The van der Waals surface area contributed by atoms with E-state index in [1.54, 1.807) is 7.11 Å². The van der Waals surface area contributed by atoms with Crippen LogP contribution >= 0.6 is 0 Å². The molecule has 0 spiro atoms. The van der Waals surface area contributed by atoms with E-state index in [2.05, 4.69) is 15.6 Å². The van der Waals surface area contributed by atoms with Gasteiger partial charge in [0, 0.05) is 18.2 Å². The quantitative estimate of drug-likeness (QED) is 0.686. The minimum absolute atomic E-state index is 0.0401. The van der Waals surface area contributed by atoms with E-state index in [1.807, 2.05) is 11.0 Å². The fraction of sp³-hybridized carbons (Fsp3) is 0.650. The van der Waals surface area contributed by atoms with E-state index in [-0.39, 0.29) is 18.4 Å². The van der Waals surface area contributed by atoms with Gasteiger partial charge in [-0.15, -0.1) is 0 Å². The third-order valence-electron chi connectivity index (χ3n) is 6.30. The number of aromatic nitrogens is 1. The Morgan fingerprint density at radius 3 is 2.79 bits per heavy atom. The van der Waals surface area contributed by atoms with Crippen molar-refractivity contribution in [1.82, 2.24) is 20.5 Å². The molecule has 1 aliphatic carbocycles. The number of piperidine rings is 1. The first-order valence-electron chi connectivity index (χ1n) is 10.2. The van der Waals surface area contributed by atoms with Crippen LogP contribution in [-0.2, 0) is 17.9 Å². The fourth-order valence-electron chi connectivity index (χ4n) is 4.53. The molecule has 2 amide bonds. The molecule has 2 fully saturated rings. The van der Waals surface area contributed by atoms with Gasteiger partial charge in [-0.25, -0.2) is 4.98 Å². The maximum absolute atomic E-state index is 12.9. The van der Waals surface area contributed by atoms with Gasteiger partial charge in [0.1, 0.15) is 0 Å². The molecule has 0 bridgehead atoms. The Hall–Kier alpha value is -2.19. The summed E-state index contributed by atoms with van der Waals surface area (Å²) in [6.07, 6.45) is 5.69. The van der Waals surface area contributed by atoms with Crippen LogP contribution in [0.3, 0.4) is 0 Å². The van der Waals surface area contributed by atoms with E-state index in [1.165, 1.54) is 12.8 Å². The monoisotopic (exact) mass is 387 g/mol. The first kappa shape index (κ1) is 19.1. The van der Waals surface area contributed by atoms with Gasteiger partial charge in [-0.05, 0) is 44.8 Å². The Balaban J connectivity index is 1.49. The fourth-order valence-corrected chi connectivity index (χ4v) is 4.53. The molecule has 4 rings (SSSR count). The van der Waals surface area contributed by atoms with Crippen LogP contribution in [0.25, 0.3) is 0 Å². The van der Waals surface area contributed by atoms with Crippen molar-refractivity contribution < 1.29 is 14.3 Å². The molecule has 1 aromatic heterocycles. The van der Waals surface area contributed by atoms with Gasteiger partial charge in [-0.2, -0.15) is 0 Å². The zero-order valence-electron chi connectivity index (χ0n) is 16.4. The maximum atomic E-state index is 12.9.